The van der Waals surface area contributed by atoms with Crippen LogP contribution < -0.4 is 4.57 Å². The van der Waals surface area contributed by atoms with Crippen molar-refractivity contribution in [2.45, 2.75) is 39.2 Å². The van der Waals surface area contributed by atoms with Crippen LogP contribution in [0.5, 0.6) is 0 Å². The predicted molar refractivity (Wildman–Crippen MR) is 73.4 cm³/mol. The van der Waals surface area contributed by atoms with Gasteiger partial charge in [-0.3, -0.25) is 4.98 Å². The van der Waals surface area contributed by atoms with E-state index in [0.29, 0.717) is 11.8 Å². The van der Waals surface area contributed by atoms with Gasteiger partial charge in [0, 0.05) is 23.5 Å². The molecule has 0 aromatic carbocycles. The van der Waals surface area contributed by atoms with E-state index < -0.39 is 0 Å². The number of nitrogens with zero attached hydrogens (tertiary/aromatic N) is 2. The molecule has 0 aliphatic heterocycles. The van der Waals surface area contributed by atoms with Gasteiger partial charge >= 0.3 is 0 Å². The summed E-state index contributed by atoms with van der Waals surface area (Å²) in [7, 11) is 0. The summed E-state index contributed by atoms with van der Waals surface area (Å²) < 4.78 is 2.26. The van der Waals surface area contributed by atoms with Crippen LogP contribution in [0.3, 0.4) is 0 Å². The van der Waals surface area contributed by atoms with Gasteiger partial charge in [-0.1, -0.05) is 26.8 Å². The monoisotopic (exact) mass is 241 g/mol. The lowest BCUT2D eigenvalue weighted by molar-refractivity contribution is -0.699. The molecule has 0 N–H and O–H groups in total. The van der Waals surface area contributed by atoms with E-state index in [1.807, 2.05) is 18.3 Å². The minimum absolute atomic E-state index is 0.429. The molecule has 94 valence electrons. The first kappa shape index (κ1) is 12.7. The van der Waals surface area contributed by atoms with E-state index in [-0.39, 0.29) is 0 Å². The van der Waals surface area contributed by atoms with Crippen LogP contribution in [-0.2, 0) is 6.54 Å². The van der Waals surface area contributed by atoms with Crippen molar-refractivity contribution in [3.63, 3.8) is 0 Å². The van der Waals surface area contributed by atoms with E-state index in [1.54, 1.807) is 0 Å². The Balaban J connectivity index is 2.12. The highest BCUT2D eigenvalue weighted by atomic mass is 14.9. The molecule has 0 radical (unpaired) electrons. The number of hydrogen-bond donors (Lipinski definition) is 0. The molecule has 2 heterocycles. The summed E-state index contributed by atoms with van der Waals surface area (Å²) in [4.78, 5) is 4.42. The van der Waals surface area contributed by atoms with Gasteiger partial charge in [0.2, 0.25) is 0 Å². The Morgan fingerprint density at radius 1 is 1.11 bits per heavy atom. The topological polar surface area (TPSA) is 16.8 Å². The Morgan fingerprint density at radius 2 is 1.94 bits per heavy atom. The highest BCUT2D eigenvalue weighted by Gasteiger charge is 2.13. The van der Waals surface area contributed by atoms with E-state index in [0.717, 1.165) is 12.2 Å². The molecule has 1 unspecified atom stereocenters. The third-order valence-electron chi connectivity index (χ3n) is 3.23. The van der Waals surface area contributed by atoms with Gasteiger partial charge in [0.1, 0.15) is 0 Å². The van der Waals surface area contributed by atoms with E-state index in [9.17, 15) is 0 Å². The lowest BCUT2D eigenvalue weighted by Gasteiger charge is -2.08. The standard InChI is InChI=1S/C16H21N2/c1-13(2)15-7-6-10-18(12-15)11-14(3)16-8-4-5-9-17-16/h4-10,12-14H,11H2,1-3H3/q+1. The normalized spacial score (nSPS) is 12.7. The maximum Gasteiger partial charge on any atom is 0.172 e. The van der Waals surface area contributed by atoms with Gasteiger partial charge in [-0.05, 0) is 24.1 Å². The van der Waals surface area contributed by atoms with Crippen LogP contribution >= 0.6 is 0 Å². The predicted octanol–water partition coefficient (Wildman–Crippen LogP) is 3.30. The molecule has 0 aliphatic carbocycles. The van der Waals surface area contributed by atoms with Crippen LogP contribution in [0, 0.1) is 0 Å². The lowest BCUT2D eigenvalue weighted by Crippen LogP contribution is -2.36. The van der Waals surface area contributed by atoms with Gasteiger partial charge in [0.25, 0.3) is 0 Å². The maximum absolute atomic E-state index is 4.42. The zero-order chi connectivity index (χ0) is 13.0. The largest absolute Gasteiger partial charge is 0.261 e. The summed E-state index contributed by atoms with van der Waals surface area (Å²) in [5.74, 6) is 1.00. The van der Waals surface area contributed by atoms with Crippen LogP contribution in [0.4, 0.5) is 0 Å². The van der Waals surface area contributed by atoms with Crippen LogP contribution in [0.2, 0.25) is 0 Å². The minimum Gasteiger partial charge on any atom is -0.261 e. The smallest absolute Gasteiger partial charge is 0.172 e. The summed E-state index contributed by atoms with van der Waals surface area (Å²) in [5.41, 5.74) is 2.53. The molecule has 0 fully saturated rings. The molecular weight excluding hydrogens is 220 g/mol. The van der Waals surface area contributed by atoms with Crippen molar-refractivity contribution in [2.75, 3.05) is 0 Å². The molecule has 0 amide bonds. The Bertz CT molecular complexity index is 491. The van der Waals surface area contributed by atoms with Crippen LogP contribution in [0.15, 0.2) is 48.9 Å². The molecule has 18 heavy (non-hydrogen) atoms. The lowest BCUT2D eigenvalue weighted by atomic mass is 10.0. The molecule has 0 bridgehead atoms. The van der Waals surface area contributed by atoms with Crippen molar-refractivity contribution < 1.29 is 4.57 Å². The van der Waals surface area contributed by atoms with E-state index in [1.165, 1.54) is 5.56 Å². The van der Waals surface area contributed by atoms with Crippen molar-refractivity contribution in [2.24, 2.45) is 0 Å². The summed E-state index contributed by atoms with van der Waals surface area (Å²) in [6.45, 7) is 7.64. The van der Waals surface area contributed by atoms with Gasteiger partial charge in [-0.25, -0.2) is 4.57 Å². The van der Waals surface area contributed by atoms with Crippen molar-refractivity contribution in [3.05, 3.63) is 60.2 Å². The fraction of sp³-hybridized carbons (Fsp3) is 0.375. The number of aromatic nitrogens is 2. The summed E-state index contributed by atoms with van der Waals surface area (Å²) in [6, 6.07) is 10.4. The Hall–Kier alpha value is -1.70. The second kappa shape index (κ2) is 5.76. The van der Waals surface area contributed by atoms with Crippen molar-refractivity contribution in [3.8, 4) is 0 Å². The summed E-state index contributed by atoms with van der Waals surface area (Å²) in [6.07, 6.45) is 6.23. The third-order valence-corrected chi connectivity index (χ3v) is 3.23. The first-order chi connectivity index (χ1) is 8.66. The van der Waals surface area contributed by atoms with Crippen LogP contribution in [-0.4, -0.2) is 4.98 Å². The number of hydrogen-bond acceptors (Lipinski definition) is 1. The molecule has 0 spiro atoms. The van der Waals surface area contributed by atoms with Crippen LogP contribution in [0.25, 0.3) is 0 Å². The van der Waals surface area contributed by atoms with Crippen molar-refractivity contribution >= 4 is 0 Å². The highest BCUT2D eigenvalue weighted by Crippen LogP contribution is 2.13. The molecule has 1 atom stereocenters. The van der Waals surface area contributed by atoms with Crippen molar-refractivity contribution in [1.29, 1.82) is 0 Å². The second-order valence-electron chi connectivity index (χ2n) is 5.14. The van der Waals surface area contributed by atoms with E-state index >= 15 is 0 Å². The molecule has 2 aromatic rings. The molecule has 0 saturated carbocycles. The van der Waals surface area contributed by atoms with Crippen LogP contribution in [0.1, 0.15) is 43.9 Å². The molecule has 0 aliphatic rings. The average molecular weight is 241 g/mol. The molecule has 2 rings (SSSR count). The first-order valence-electron chi connectivity index (χ1n) is 6.56. The van der Waals surface area contributed by atoms with Gasteiger partial charge in [0.15, 0.2) is 18.9 Å². The Kier molecular flexibility index (Phi) is 4.08. The first-order valence-corrected chi connectivity index (χ1v) is 6.56. The molecule has 2 heteroatoms. The SMILES string of the molecule is CC(C)c1ccc[n+](CC(C)c2ccccn2)c1. The van der Waals surface area contributed by atoms with E-state index in [4.69, 9.17) is 0 Å². The number of pyridine rings is 2. The van der Waals surface area contributed by atoms with Crippen molar-refractivity contribution in [1.82, 2.24) is 4.98 Å². The molecule has 2 aromatic heterocycles. The summed E-state index contributed by atoms with van der Waals surface area (Å²) >= 11 is 0. The summed E-state index contributed by atoms with van der Waals surface area (Å²) in [5, 5.41) is 0. The number of rotatable bonds is 4. The molecular formula is C16H21N2+. The zero-order valence-corrected chi connectivity index (χ0v) is 11.4. The maximum atomic E-state index is 4.42. The Morgan fingerprint density at radius 3 is 2.61 bits per heavy atom. The molecule has 2 nitrogen and oxygen atoms in total. The quantitative estimate of drug-likeness (QED) is 0.750. The average Bonchev–Trinajstić information content (AvgIpc) is 2.40. The second-order valence-corrected chi connectivity index (χ2v) is 5.14. The van der Waals surface area contributed by atoms with Gasteiger partial charge in [-0.15, -0.1) is 0 Å². The van der Waals surface area contributed by atoms with Gasteiger partial charge < -0.3 is 0 Å². The van der Waals surface area contributed by atoms with E-state index in [2.05, 4.69) is 60.9 Å². The molecule has 0 saturated heterocycles. The zero-order valence-electron chi connectivity index (χ0n) is 11.4. The van der Waals surface area contributed by atoms with Gasteiger partial charge in [0.05, 0.1) is 5.92 Å². The van der Waals surface area contributed by atoms with Gasteiger partial charge in [-0.2, -0.15) is 0 Å². The Labute approximate surface area is 109 Å². The fourth-order valence-corrected chi connectivity index (χ4v) is 2.07. The highest BCUT2D eigenvalue weighted by molar-refractivity contribution is 5.10. The fourth-order valence-electron chi connectivity index (χ4n) is 2.07. The third kappa shape index (κ3) is 3.16. The minimum atomic E-state index is 0.429.